The van der Waals surface area contributed by atoms with Crippen molar-refractivity contribution in [2.45, 2.75) is 18.4 Å². The summed E-state index contributed by atoms with van der Waals surface area (Å²) in [5.41, 5.74) is -2.74. The molecule has 4 N–H and O–H groups in total. The van der Waals surface area contributed by atoms with Gasteiger partial charge >= 0.3 is 17.9 Å². The molecule has 0 bridgehead atoms. The number of carboxylic acid groups (broad SMARTS) is 3. The van der Waals surface area contributed by atoms with Gasteiger partial charge in [-0.1, -0.05) is 0 Å². The van der Waals surface area contributed by atoms with Crippen LogP contribution in [0.15, 0.2) is 0 Å². The van der Waals surface area contributed by atoms with Crippen LogP contribution in [0.5, 0.6) is 0 Å². The monoisotopic (exact) mass is 222 g/mol. The number of aliphatic hydroxyl groups is 1. The summed E-state index contributed by atoms with van der Waals surface area (Å²) >= 11 is 0. The predicted octanol–water partition coefficient (Wildman–Crippen LogP) is -2.43. The van der Waals surface area contributed by atoms with Crippen molar-refractivity contribution < 1.29 is 34.8 Å². The van der Waals surface area contributed by atoms with Gasteiger partial charge in [0.05, 0.1) is 12.8 Å². The summed E-state index contributed by atoms with van der Waals surface area (Å²) in [6, 6.07) is 0. The summed E-state index contributed by atoms with van der Waals surface area (Å²) in [5, 5.41) is 33.8. The summed E-state index contributed by atoms with van der Waals surface area (Å²) in [5.74, 6) is -5.02. The summed E-state index contributed by atoms with van der Waals surface area (Å²) < 4.78 is 0. The van der Waals surface area contributed by atoms with Crippen molar-refractivity contribution in [1.29, 1.82) is 0 Å². The van der Waals surface area contributed by atoms with E-state index in [1.54, 1.807) is 0 Å². The SMILES string of the molecule is O=C(O)CC(O)(CC(=O)O)C(=O)O.[AlH3]. The molecule has 0 aliphatic carbocycles. The maximum Gasteiger partial charge on any atom is 0.336 e. The lowest BCUT2D eigenvalue weighted by Crippen LogP contribution is -2.42. The van der Waals surface area contributed by atoms with Gasteiger partial charge in [0.1, 0.15) is 0 Å². The summed E-state index contributed by atoms with van der Waals surface area (Å²) in [6.45, 7) is 0. The molecule has 80 valence electrons. The molecule has 0 aliphatic rings. The Labute approximate surface area is 89.1 Å². The average molecular weight is 222 g/mol. The van der Waals surface area contributed by atoms with E-state index in [1.807, 2.05) is 0 Å². The molecule has 0 heterocycles. The first kappa shape index (κ1) is 15.4. The zero-order valence-corrected chi connectivity index (χ0v) is 6.43. The predicted molar refractivity (Wildman–Crippen MR) is 47.0 cm³/mol. The van der Waals surface area contributed by atoms with Gasteiger partial charge in [-0.25, -0.2) is 4.79 Å². The molecule has 0 fully saturated rings. The molecule has 14 heavy (non-hydrogen) atoms. The van der Waals surface area contributed by atoms with Gasteiger partial charge in [-0.3, -0.25) is 9.59 Å². The summed E-state index contributed by atoms with van der Waals surface area (Å²) in [4.78, 5) is 30.5. The number of hydrogen-bond donors (Lipinski definition) is 4. The van der Waals surface area contributed by atoms with Crippen molar-refractivity contribution in [3.63, 3.8) is 0 Å². The van der Waals surface area contributed by atoms with Gasteiger partial charge in [-0.2, -0.15) is 0 Å². The molecule has 0 saturated carbocycles. The van der Waals surface area contributed by atoms with Crippen LogP contribution in [-0.4, -0.2) is 61.3 Å². The minimum Gasteiger partial charge on any atom is -0.481 e. The van der Waals surface area contributed by atoms with E-state index in [-0.39, 0.29) is 17.4 Å². The highest BCUT2D eigenvalue weighted by Gasteiger charge is 2.40. The molecular formula is C6H11AlO7. The Morgan fingerprint density at radius 2 is 1.21 bits per heavy atom. The largest absolute Gasteiger partial charge is 0.481 e. The summed E-state index contributed by atoms with van der Waals surface area (Å²) in [6.07, 6.45) is -2.29. The highest BCUT2D eigenvalue weighted by molar-refractivity contribution is 5.88. The van der Waals surface area contributed by atoms with Gasteiger partial charge in [0.15, 0.2) is 23.0 Å². The van der Waals surface area contributed by atoms with E-state index in [0.717, 1.165) is 0 Å². The second-order valence-corrected chi connectivity index (χ2v) is 2.48. The molecule has 8 heteroatoms. The van der Waals surface area contributed by atoms with Crippen LogP contribution in [0.4, 0.5) is 0 Å². The van der Waals surface area contributed by atoms with Crippen molar-refractivity contribution in [2.75, 3.05) is 0 Å². The van der Waals surface area contributed by atoms with Crippen molar-refractivity contribution in [3.05, 3.63) is 0 Å². The van der Waals surface area contributed by atoms with Crippen molar-refractivity contribution >= 4 is 35.3 Å². The fourth-order valence-corrected chi connectivity index (χ4v) is 0.714. The molecule has 0 radical (unpaired) electrons. The molecule has 0 spiro atoms. The van der Waals surface area contributed by atoms with Crippen LogP contribution >= 0.6 is 0 Å². The van der Waals surface area contributed by atoms with Crippen molar-refractivity contribution in [2.24, 2.45) is 0 Å². The highest BCUT2D eigenvalue weighted by atomic mass is 27.0. The first-order chi connectivity index (χ1) is 5.78. The third-order valence-corrected chi connectivity index (χ3v) is 1.29. The van der Waals surface area contributed by atoms with E-state index in [4.69, 9.17) is 20.4 Å². The molecule has 0 aromatic carbocycles. The van der Waals surface area contributed by atoms with E-state index in [0.29, 0.717) is 0 Å². The van der Waals surface area contributed by atoms with Crippen LogP contribution in [0.25, 0.3) is 0 Å². The minimum absolute atomic E-state index is 0. The van der Waals surface area contributed by atoms with Gasteiger partial charge < -0.3 is 20.4 Å². The lowest BCUT2D eigenvalue weighted by atomic mass is 9.96. The lowest BCUT2D eigenvalue weighted by Gasteiger charge is -2.18. The Balaban J connectivity index is 0. The number of carboxylic acids is 3. The van der Waals surface area contributed by atoms with Gasteiger partial charge in [0.2, 0.25) is 0 Å². The quantitative estimate of drug-likeness (QED) is 0.380. The van der Waals surface area contributed by atoms with E-state index in [9.17, 15) is 14.4 Å². The van der Waals surface area contributed by atoms with E-state index in [1.165, 1.54) is 0 Å². The Morgan fingerprint density at radius 3 is 1.36 bits per heavy atom. The molecule has 0 aromatic rings. The zero-order chi connectivity index (χ0) is 10.6. The van der Waals surface area contributed by atoms with Crippen LogP contribution < -0.4 is 0 Å². The average Bonchev–Trinajstić information content (AvgIpc) is 1.82. The van der Waals surface area contributed by atoms with E-state index in [2.05, 4.69) is 0 Å². The molecule has 0 atom stereocenters. The highest BCUT2D eigenvalue weighted by Crippen LogP contribution is 2.15. The van der Waals surface area contributed by atoms with E-state index < -0.39 is 36.4 Å². The third kappa shape index (κ3) is 4.81. The van der Waals surface area contributed by atoms with Crippen molar-refractivity contribution in [1.82, 2.24) is 0 Å². The van der Waals surface area contributed by atoms with Crippen molar-refractivity contribution in [3.8, 4) is 0 Å². The number of rotatable bonds is 5. The maximum absolute atomic E-state index is 10.3. The Bertz CT molecular complexity index is 233. The lowest BCUT2D eigenvalue weighted by molar-refractivity contribution is -0.170. The van der Waals surface area contributed by atoms with Crippen LogP contribution in [0.2, 0.25) is 0 Å². The second-order valence-electron chi connectivity index (χ2n) is 2.48. The second kappa shape index (κ2) is 5.59. The molecule has 0 rings (SSSR count). The first-order valence-corrected chi connectivity index (χ1v) is 3.17. The minimum atomic E-state index is -2.74. The molecular weight excluding hydrogens is 211 g/mol. The molecule has 0 saturated heterocycles. The topological polar surface area (TPSA) is 132 Å². The fourth-order valence-electron chi connectivity index (χ4n) is 0.714. The Morgan fingerprint density at radius 1 is 0.929 bits per heavy atom. The maximum atomic E-state index is 10.3. The number of hydrogen-bond acceptors (Lipinski definition) is 4. The number of aliphatic carboxylic acids is 3. The first-order valence-electron chi connectivity index (χ1n) is 3.17. The van der Waals surface area contributed by atoms with E-state index >= 15 is 0 Å². The van der Waals surface area contributed by atoms with Crippen LogP contribution in [0, 0.1) is 0 Å². The van der Waals surface area contributed by atoms with Gasteiger partial charge in [0.25, 0.3) is 0 Å². The van der Waals surface area contributed by atoms with Crippen LogP contribution in [0.3, 0.4) is 0 Å². The molecule has 0 aromatic heterocycles. The van der Waals surface area contributed by atoms with Crippen LogP contribution in [-0.2, 0) is 14.4 Å². The third-order valence-electron chi connectivity index (χ3n) is 1.29. The molecule has 0 amide bonds. The fraction of sp³-hybridized carbons (Fsp3) is 0.500. The summed E-state index contributed by atoms with van der Waals surface area (Å²) in [7, 11) is 0. The van der Waals surface area contributed by atoms with Gasteiger partial charge in [-0.15, -0.1) is 0 Å². The zero-order valence-electron chi connectivity index (χ0n) is 6.43. The molecule has 0 aliphatic heterocycles. The van der Waals surface area contributed by atoms with Crippen LogP contribution in [0.1, 0.15) is 12.8 Å². The Kier molecular flexibility index (Phi) is 6.15. The Hall–Kier alpha value is -1.10. The molecule has 7 nitrogen and oxygen atoms in total. The number of carbonyl (C=O) groups is 3. The van der Waals surface area contributed by atoms with Gasteiger partial charge in [0, 0.05) is 0 Å². The van der Waals surface area contributed by atoms with Gasteiger partial charge in [-0.05, 0) is 0 Å². The standard InChI is InChI=1S/C6H8O7.Al.3H/c7-3(8)1-6(13,5(11)12)2-4(9)10;;;;/h13H,1-2H2,(H,7,8)(H,9,10)(H,11,12);;;;. The normalized spacial score (nSPS) is 10.1. The molecule has 0 unspecified atom stereocenters. The smallest absolute Gasteiger partial charge is 0.336 e.